The van der Waals surface area contributed by atoms with Crippen LogP contribution < -0.4 is 10.1 Å². The van der Waals surface area contributed by atoms with Gasteiger partial charge < -0.3 is 19.9 Å². The highest BCUT2D eigenvalue weighted by Gasteiger charge is 2.23. The van der Waals surface area contributed by atoms with Crippen LogP contribution in [0.4, 0.5) is 4.79 Å². The van der Waals surface area contributed by atoms with Crippen LogP contribution in [0.2, 0.25) is 0 Å². The van der Waals surface area contributed by atoms with Crippen LogP contribution in [-0.2, 0) is 11.2 Å². The molecule has 31 heavy (non-hydrogen) atoms. The van der Waals surface area contributed by atoms with E-state index in [0.29, 0.717) is 41.0 Å². The Balaban J connectivity index is 1.96. The van der Waals surface area contributed by atoms with Gasteiger partial charge >= 0.3 is 12.1 Å². The first-order chi connectivity index (χ1) is 14.5. The molecular weight excluding hydrogens is 418 g/mol. The topological polar surface area (TPSA) is 111 Å². The third-order valence-electron chi connectivity index (χ3n) is 4.70. The first kappa shape index (κ1) is 22.7. The molecule has 166 valence electrons. The zero-order chi connectivity index (χ0) is 22.9. The molecule has 9 heteroatoms. The zero-order valence-electron chi connectivity index (χ0n) is 18.5. The number of nitrogens with one attached hydrogen (secondary N) is 1. The van der Waals surface area contributed by atoms with Crippen molar-refractivity contribution in [3.63, 3.8) is 0 Å². The highest BCUT2D eigenvalue weighted by molar-refractivity contribution is 7.21. The number of carbonyl (C=O) groups excluding carboxylic acids is 1. The zero-order valence-corrected chi connectivity index (χ0v) is 19.3. The lowest BCUT2D eigenvalue weighted by atomic mass is 10.0. The van der Waals surface area contributed by atoms with Gasteiger partial charge in [-0.25, -0.2) is 19.6 Å². The molecule has 0 bridgehead atoms. The van der Waals surface area contributed by atoms with Crippen molar-refractivity contribution in [1.82, 2.24) is 15.3 Å². The molecule has 0 unspecified atom stereocenters. The van der Waals surface area contributed by atoms with E-state index in [2.05, 4.69) is 15.3 Å². The number of carboxylic acid groups (broad SMARTS) is 1. The normalized spacial score (nSPS) is 12.7. The molecule has 0 fully saturated rings. The maximum Gasteiger partial charge on any atom is 0.407 e. The van der Waals surface area contributed by atoms with E-state index in [4.69, 9.17) is 9.47 Å². The number of aromatic nitrogens is 2. The van der Waals surface area contributed by atoms with Gasteiger partial charge in [0.15, 0.2) is 0 Å². The van der Waals surface area contributed by atoms with Gasteiger partial charge in [0.25, 0.3) is 0 Å². The third kappa shape index (κ3) is 5.04. The number of carbonyl (C=O) groups is 2. The SMILES string of the molecule is COc1nc2ccc3sc(C(=O)O)c(CC[C@@H](C)NC(=O)OC(C)(C)C)c3c2nc1C. The number of methoxy groups -OCH3 is 1. The van der Waals surface area contributed by atoms with Crippen molar-refractivity contribution in [2.75, 3.05) is 7.11 Å². The number of hydrogen-bond donors (Lipinski definition) is 2. The van der Waals surface area contributed by atoms with Crippen LogP contribution in [0, 0.1) is 6.92 Å². The Morgan fingerprint density at radius 1 is 1.26 bits per heavy atom. The summed E-state index contributed by atoms with van der Waals surface area (Å²) >= 11 is 1.23. The smallest absolute Gasteiger partial charge is 0.407 e. The number of ether oxygens (including phenoxy) is 2. The second-order valence-electron chi connectivity index (χ2n) is 8.43. The van der Waals surface area contributed by atoms with Gasteiger partial charge in [0.05, 0.1) is 18.1 Å². The number of amides is 1. The van der Waals surface area contributed by atoms with Gasteiger partial charge in [-0.1, -0.05) is 0 Å². The van der Waals surface area contributed by atoms with Crippen LogP contribution >= 0.6 is 11.3 Å². The number of aromatic carboxylic acids is 1. The van der Waals surface area contributed by atoms with E-state index < -0.39 is 17.7 Å². The predicted molar refractivity (Wildman–Crippen MR) is 120 cm³/mol. The number of aryl methyl sites for hydroxylation is 2. The summed E-state index contributed by atoms with van der Waals surface area (Å²) in [5.74, 6) is -0.535. The number of benzene rings is 1. The van der Waals surface area contributed by atoms with E-state index in [1.54, 1.807) is 34.8 Å². The summed E-state index contributed by atoms with van der Waals surface area (Å²) in [5.41, 5.74) is 2.06. The monoisotopic (exact) mass is 445 g/mol. The highest BCUT2D eigenvalue weighted by Crippen LogP contribution is 2.37. The number of rotatable bonds is 6. The van der Waals surface area contributed by atoms with Crippen molar-refractivity contribution in [1.29, 1.82) is 0 Å². The van der Waals surface area contributed by atoms with E-state index in [-0.39, 0.29) is 10.9 Å². The lowest BCUT2D eigenvalue weighted by Gasteiger charge is -2.22. The summed E-state index contributed by atoms with van der Waals surface area (Å²) < 4.78 is 11.4. The van der Waals surface area contributed by atoms with Gasteiger partial charge in [-0.15, -0.1) is 11.3 Å². The van der Waals surface area contributed by atoms with Crippen molar-refractivity contribution >= 4 is 44.5 Å². The average Bonchev–Trinajstić information content (AvgIpc) is 3.03. The number of alkyl carbamates (subject to hydrolysis) is 1. The average molecular weight is 446 g/mol. The number of nitrogens with zero attached hydrogens (tertiary/aromatic N) is 2. The lowest BCUT2D eigenvalue weighted by Crippen LogP contribution is -2.37. The molecule has 0 saturated heterocycles. The summed E-state index contributed by atoms with van der Waals surface area (Å²) in [6.45, 7) is 9.08. The van der Waals surface area contributed by atoms with Crippen molar-refractivity contribution in [3.8, 4) is 5.88 Å². The summed E-state index contributed by atoms with van der Waals surface area (Å²) in [4.78, 5) is 33.4. The summed E-state index contributed by atoms with van der Waals surface area (Å²) in [6, 6.07) is 3.49. The molecule has 3 rings (SSSR count). The Hall–Kier alpha value is -2.94. The Labute approximate surface area is 184 Å². The molecule has 3 aromatic rings. The van der Waals surface area contributed by atoms with Crippen molar-refractivity contribution in [2.45, 2.75) is 59.1 Å². The predicted octanol–water partition coefficient (Wildman–Crippen LogP) is 4.71. The number of thiophene rings is 1. The molecule has 0 spiro atoms. The van der Waals surface area contributed by atoms with Crippen LogP contribution in [0.1, 0.15) is 55.0 Å². The van der Waals surface area contributed by atoms with Crippen LogP contribution in [-0.4, -0.2) is 45.9 Å². The quantitative estimate of drug-likeness (QED) is 0.565. The third-order valence-corrected chi connectivity index (χ3v) is 5.88. The fourth-order valence-corrected chi connectivity index (χ4v) is 4.47. The Morgan fingerprint density at radius 2 is 1.97 bits per heavy atom. The molecule has 0 aliphatic carbocycles. The molecule has 8 nitrogen and oxygen atoms in total. The van der Waals surface area contributed by atoms with Crippen molar-refractivity contribution < 1.29 is 24.2 Å². The van der Waals surface area contributed by atoms with Gasteiger partial charge in [-0.3, -0.25) is 0 Å². The minimum absolute atomic E-state index is 0.200. The molecule has 2 N–H and O–H groups in total. The number of hydrogen-bond acceptors (Lipinski definition) is 7. The summed E-state index contributed by atoms with van der Waals surface area (Å²) in [7, 11) is 1.54. The van der Waals surface area contributed by atoms with E-state index in [1.807, 2.05) is 19.1 Å². The first-order valence-corrected chi connectivity index (χ1v) is 10.8. The Kier molecular flexibility index (Phi) is 6.35. The fourth-order valence-electron chi connectivity index (χ4n) is 3.38. The Bertz CT molecular complexity index is 1150. The van der Waals surface area contributed by atoms with Crippen LogP contribution in [0.3, 0.4) is 0 Å². The minimum Gasteiger partial charge on any atom is -0.480 e. The molecular formula is C22H27N3O5S. The van der Waals surface area contributed by atoms with E-state index in [1.165, 1.54) is 11.3 Å². The molecule has 1 atom stereocenters. The lowest BCUT2D eigenvalue weighted by molar-refractivity contribution is 0.0505. The van der Waals surface area contributed by atoms with Gasteiger partial charge in [0.2, 0.25) is 5.88 Å². The largest absolute Gasteiger partial charge is 0.480 e. The molecule has 1 amide bonds. The summed E-state index contributed by atoms with van der Waals surface area (Å²) in [6.07, 6.45) is 0.516. The van der Waals surface area contributed by atoms with Crippen LogP contribution in [0.25, 0.3) is 21.1 Å². The fraction of sp³-hybridized carbons (Fsp3) is 0.455. The van der Waals surface area contributed by atoms with E-state index in [9.17, 15) is 14.7 Å². The molecule has 0 radical (unpaired) electrons. The van der Waals surface area contributed by atoms with Gasteiger partial charge in [-0.2, -0.15) is 0 Å². The minimum atomic E-state index is -0.977. The second kappa shape index (κ2) is 8.66. The standard InChI is InChI=1S/C22H27N3O5S/c1-11(23-21(28)30-22(3,4)5)7-8-13-16-15(31-18(13)20(26)27)10-9-14-17(16)24-12(2)19(25-14)29-6/h9-11H,7-8H2,1-6H3,(H,23,28)(H,26,27)/t11-/m1/s1. The van der Waals surface area contributed by atoms with E-state index in [0.717, 1.165) is 10.1 Å². The van der Waals surface area contributed by atoms with Crippen LogP contribution in [0.15, 0.2) is 12.1 Å². The summed E-state index contributed by atoms with van der Waals surface area (Å²) in [5, 5.41) is 13.4. The van der Waals surface area contributed by atoms with Gasteiger partial charge in [-0.05, 0) is 65.2 Å². The number of carboxylic acids is 1. The maximum atomic E-state index is 12.0. The van der Waals surface area contributed by atoms with Gasteiger partial charge in [0.1, 0.15) is 16.2 Å². The molecule has 0 saturated carbocycles. The molecule has 2 aromatic heterocycles. The Morgan fingerprint density at radius 3 is 2.58 bits per heavy atom. The van der Waals surface area contributed by atoms with Crippen molar-refractivity contribution in [3.05, 3.63) is 28.3 Å². The molecule has 2 heterocycles. The van der Waals surface area contributed by atoms with Crippen molar-refractivity contribution in [2.24, 2.45) is 0 Å². The van der Waals surface area contributed by atoms with Gasteiger partial charge in [0, 0.05) is 16.1 Å². The van der Waals surface area contributed by atoms with E-state index >= 15 is 0 Å². The second-order valence-corrected chi connectivity index (χ2v) is 9.48. The molecule has 1 aromatic carbocycles. The number of fused-ring (bicyclic) bond motifs is 3. The maximum absolute atomic E-state index is 12.0. The molecule has 0 aliphatic heterocycles. The first-order valence-electron chi connectivity index (χ1n) is 9.99. The van der Waals surface area contributed by atoms with Crippen LogP contribution in [0.5, 0.6) is 5.88 Å². The molecule has 0 aliphatic rings. The highest BCUT2D eigenvalue weighted by atomic mass is 32.1.